The summed E-state index contributed by atoms with van der Waals surface area (Å²) in [5.74, 6) is 0.256. The molecule has 1 aromatic carbocycles. The number of benzene rings is 1. The molecule has 0 unspecified atom stereocenters. The van der Waals surface area contributed by atoms with Crippen LogP contribution in [0.15, 0.2) is 18.2 Å². The van der Waals surface area contributed by atoms with Crippen LogP contribution in [0.2, 0.25) is 0 Å². The maximum Gasteiger partial charge on any atom is 0.165 e. The fourth-order valence-electron chi connectivity index (χ4n) is 1.11. The molecule has 0 N–H and O–H groups in total. The molecule has 0 amide bonds. The van der Waals surface area contributed by atoms with E-state index in [9.17, 15) is 9.18 Å². The van der Waals surface area contributed by atoms with Crippen molar-refractivity contribution < 1.29 is 13.9 Å². The van der Waals surface area contributed by atoms with Gasteiger partial charge in [-0.05, 0) is 30.5 Å². The van der Waals surface area contributed by atoms with Crippen LogP contribution in [0.25, 0.3) is 0 Å². The van der Waals surface area contributed by atoms with Gasteiger partial charge in [-0.2, -0.15) is 0 Å². The highest BCUT2D eigenvalue weighted by Crippen LogP contribution is 2.18. The van der Waals surface area contributed by atoms with E-state index in [0.29, 0.717) is 24.4 Å². The molecular weight excluding hydrogens is 195 g/mol. The number of aldehydes is 1. The average molecular weight is 210 g/mol. The Morgan fingerprint density at radius 3 is 2.73 bits per heavy atom. The zero-order valence-corrected chi connectivity index (χ0v) is 9.00. The summed E-state index contributed by atoms with van der Waals surface area (Å²) in [6, 6.07) is 4.21. The van der Waals surface area contributed by atoms with E-state index in [1.807, 2.05) is 0 Å². The largest absolute Gasteiger partial charge is 0.491 e. The normalized spacial score (nSPS) is 10.4. The molecule has 0 atom stereocenters. The lowest BCUT2D eigenvalue weighted by Gasteiger charge is -2.08. The maximum atomic E-state index is 13.3. The lowest BCUT2D eigenvalue weighted by molar-refractivity contribution is 0.112. The van der Waals surface area contributed by atoms with Crippen LogP contribution in [0.3, 0.4) is 0 Å². The van der Waals surface area contributed by atoms with Crippen molar-refractivity contribution in [2.75, 3.05) is 6.61 Å². The molecule has 0 spiro atoms. The first-order chi connectivity index (χ1) is 7.13. The van der Waals surface area contributed by atoms with E-state index in [1.165, 1.54) is 12.1 Å². The van der Waals surface area contributed by atoms with Crippen LogP contribution in [-0.4, -0.2) is 12.9 Å². The third-order valence-corrected chi connectivity index (χ3v) is 2.04. The van der Waals surface area contributed by atoms with Crippen LogP contribution in [-0.2, 0) is 0 Å². The highest BCUT2D eigenvalue weighted by molar-refractivity contribution is 5.74. The van der Waals surface area contributed by atoms with Crippen molar-refractivity contribution in [2.24, 2.45) is 5.92 Å². The monoisotopic (exact) mass is 210 g/mol. The van der Waals surface area contributed by atoms with Gasteiger partial charge in [0, 0.05) is 5.56 Å². The van der Waals surface area contributed by atoms with Gasteiger partial charge in [0.05, 0.1) is 6.61 Å². The molecule has 0 aliphatic rings. The molecule has 1 aromatic rings. The molecule has 0 heterocycles. The summed E-state index contributed by atoms with van der Waals surface area (Å²) in [7, 11) is 0. The zero-order chi connectivity index (χ0) is 11.3. The summed E-state index contributed by atoms with van der Waals surface area (Å²) < 4.78 is 18.5. The van der Waals surface area contributed by atoms with E-state index < -0.39 is 5.82 Å². The van der Waals surface area contributed by atoms with Crippen molar-refractivity contribution >= 4 is 6.29 Å². The molecule has 0 aliphatic carbocycles. The van der Waals surface area contributed by atoms with Crippen LogP contribution in [0, 0.1) is 11.7 Å². The molecule has 0 saturated carbocycles. The Bertz CT molecular complexity index is 334. The molecule has 15 heavy (non-hydrogen) atoms. The molecule has 2 nitrogen and oxygen atoms in total. The maximum absolute atomic E-state index is 13.3. The summed E-state index contributed by atoms with van der Waals surface area (Å²) in [4.78, 5) is 10.4. The fraction of sp³-hybridized carbons (Fsp3) is 0.417. The summed E-state index contributed by atoms with van der Waals surface area (Å²) in [5.41, 5.74) is 0.323. The number of rotatable bonds is 5. The van der Waals surface area contributed by atoms with E-state index in [2.05, 4.69) is 13.8 Å². The van der Waals surface area contributed by atoms with Gasteiger partial charge in [-0.1, -0.05) is 13.8 Å². The summed E-state index contributed by atoms with van der Waals surface area (Å²) in [6.45, 7) is 4.65. The van der Waals surface area contributed by atoms with Gasteiger partial charge in [0.15, 0.2) is 11.6 Å². The van der Waals surface area contributed by atoms with E-state index >= 15 is 0 Å². The van der Waals surface area contributed by atoms with Crippen LogP contribution >= 0.6 is 0 Å². The van der Waals surface area contributed by atoms with E-state index in [-0.39, 0.29) is 5.75 Å². The standard InChI is InChI=1S/C12H15FO2/c1-9(2)5-6-15-12-4-3-10(8-14)7-11(12)13/h3-4,7-9H,5-6H2,1-2H3. The van der Waals surface area contributed by atoms with E-state index in [1.54, 1.807) is 6.07 Å². The lowest BCUT2D eigenvalue weighted by atomic mass is 10.1. The van der Waals surface area contributed by atoms with Crippen LogP contribution in [0.4, 0.5) is 4.39 Å². The summed E-state index contributed by atoms with van der Waals surface area (Å²) in [6.07, 6.45) is 1.50. The molecule has 0 fully saturated rings. The predicted molar refractivity (Wildman–Crippen MR) is 56.7 cm³/mol. The predicted octanol–water partition coefficient (Wildman–Crippen LogP) is 3.06. The third kappa shape index (κ3) is 3.70. The number of hydrogen-bond acceptors (Lipinski definition) is 2. The van der Waals surface area contributed by atoms with Gasteiger partial charge in [0.1, 0.15) is 6.29 Å². The van der Waals surface area contributed by atoms with Gasteiger partial charge in [-0.25, -0.2) is 4.39 Å². The first-order valence-electron chi connectivity index (χ1n) is 5.01. The molecule has 3 heteroatoms. The Kier molecular flexibility index (Phi) is 4.28. The summed E-state index contributed by atoms with van der Waals surface area (Å²) in [5, 5.41) is 0. The second-order valence-corrected chi connectivity index (χ2v) is 3.84. The highest BCUT2D eigenvalue weighted by Gasteiger charge is 2.04. The molecule has 1 rings (SSSR count). The van der Waals surface area contributed by atoms with Crippen molar-refractivity contribution in [3.05, 3.63) is 29.6 Å². The van der Waals surface area contributed by atoms with E-state index in [0.717, 1.165) is 6.42 Å². The highest BCUT2D eigenvalue weighted by atomic mass is 19.1. The van der Waals surface area contributed by atoms with Crippen LogP contribution < -0.4 is 4.74 Å². The van der Waals surface area contributed by atoms with Gasteiger partial charge in [-0.15, -0.1) is 0 Å². The third-order valence-electron chi connectivity index (χ3n) is 2.04. The van der Waals surface area contributed by atoms with Gasteiger partial charge >= 0.3 is 0 Å². The number of carbonyl (C=O) groups is 1. The molecule has 0 aliphatic heterocycles. The van der Waals surface area contributed by atoms with Crippen molar-refractivity contribution in [1.29, 1.82) is 0 Å². The molecular formula is C12H15FO2. The second kappa shape index (κ2) is 5.49. The number of carbonyl (C=O) groups excluding carboxylic acids is 1. The van der Waals surface area contributed by atoms with Crippen molar-refractivity contribution in [2.45, 2.75) is 20.3 Å². The Morgan fingerprint density at radius 1 is 1.47 bits per heavy atom. The Labute approximate surface area is 89.1 Å². The average Bonchev–Trinajstić information content (AvgIpc) is 2.20. The zero-order valence-electron chi connectivity index (χ0n) is 9.00. The minimum Gasteiger partial charge on any atom is -0.491 e. The summed E-state index contributed by atoms with van der Waals surface area (Å²) >= 11 is 0. The first-order valence-corrected chi connectivity index (χ1v) is 5.01. The Hall–Kier alpha value is -1.38. The number of hydrogen-bond donors (Lipinski definition) is 0. The van der Waals surface area contributed by atoms with Crippen molar-refractivity contribution in [3.8, 4) is 5.75 Å². The topological polar surface area (TPSA) is 26.3 Å². The minimum atomic E-state index is -0.483. The van der Waals surface area contributed by atoms with Gasteiger partial charge in [-0.3, -0.25) is 4.79 Å². The lowest BCUT2D eigenvalue weighted by Crippen LogP contribution is -2.02. The minimum absolute atomic E-state index is 0.209. The quantitative estimate of drug-likeness (QED) is 0.698. The first kappa shape index (κ1) is 11.7. The van der Waals surface area contributed by atoms with Crippen LogP contribution in [0.1, 0.15) is 30.6 Å². The molecule has 82 valence electrons. The van der Waals surface area contributed by atoms with Crippen molar-refractivity contribution in [3.63, 3.8) is 0 Å². The van der Waals surface area contributed by atoms with Crippen LogP contribution in [0.5, 0.6) is 5.75 Å². The van der Waals surface area contributed by atoms with Crippen molar-refractivity contribution in [1.82, 2.24) is 0 Å². The van der Waals surface area contributed by atoms with Gasteiger partial charge in [0.2, 0.25) is 0 Å². The number of ether oxygens (including phenoxy) is 1. The van der Waals surface area contributed by atoms with Gasteiger partial charge in [0.25, 0.3) is 0 Å². The molecule has 0 aromatic heterocycles. The van der Waals surface area contributed by atoms with E-state index in [4.69, 9.17) is 4.74 Å². The number of halogens is 1. The molecule has 0 bridgehead atoms. The smallest absolute Gasteiger partial charge is 0.165 e. The SMILES string of the molecule is CC(C)CCOc1ccc(C=O)cc1F. The molecule has 0 saturated heterocycles. The Balaban J connectivity index is 2.58. The fourth-order valence-corrected chi connectivity index (χ4v) is 1.11. The Morgan fingerprint density at radius 2 is 2.20 bits per heavy atom. The van der Waals surface area contributed by atoms with Gasteiger partial charge < -0.3 is 4.74 Å². The molecule has 0 radical (unpaired) electrons. The second-order valence-electron chi connectivity index (χ2n) is 3.84.